The van der Waals surface area contributed by atoms with Crippen LogP contribution < -0.4 is 0 Å². The van der Waals surface area contributed by atoms with E-state index in [1.165, 1.54) is 0 Å². The Bertz CT molecular complexity index is 980. The van der Waals surface area contributed by atoms with E-state index in [1.807, 2.05) is 18.2 Å². The van der Waals surface area contributed by atoms with E-state index in [4.69, 9.17) is 9.47 Å². The molecule has 0 spiro atoms. The van der Waals surface area contributed by atoms with Crippen LogP contribution in [0.2, 0.25) is 0 Å². The summed E-state index contributed by atoms with van der Waals surface area (Å²) in [5, 5.41) is 0.986. The molecule has 0 fully saturated rings. The Kier molecular flexibility index (Phi) is 11.6. The average molecular weight is 515 g/mol. The fourth-order valence-electron chi connectivity index (χ4n) is 3.33. The predicted molar refractivity (Wildman–Crippen MR) is 134 cm³/mol. The van der Waals surface area contributed by atoms with Gasteiger partial charge in [-0.15, -0.1) is 0 Å². The number of esters is 2. The van der Waals surface area contributed by atoms with Gasteiger partial charge in [0.1, 0.15) is 0 Å². The molecule has 0 saturated carbocycles. The molecule has 0 bridgehead atoms. The molecule has 0 radical (unpaired) electrons. The van der Waals surface area contributed by atoms with Crippen molar-refractivity contribution in [2.45, 2.75) is 46.0 Å². The van der Waals surface area contributed by atoms with E-state index in [9.17, 15) is 14.4 Å². The Hall–Kier alpha value is -2.73. The number of carbonyl (C=O) groups is 3. The number of rotatable bonds is 13. The molecule has 5 nitrogen and oxygen atoms in total. The van der Waals surface area contributed by atoms with Crippen molar-refractivity contribution in [2.75, 3.05) is 18.5 Å². The first-order valence-corrected chi connectivity index (χ1v) is 12.4. The van der Waals surface area contributed by atoms with Crippen molar-refractivity contribution in [1.29, 1.82) is 0 Å². The predicted octanol–water partition coefficient (Wildman–Crippen LogP) is 6.17. The summed E-state index contributed by atoms with van der Waals surface area (Å²) in [6.45, 7) is 4.13. The van der Waals surface area contributed by atoms with E-state index in [1.54, 1.807) is 44.2 Å². The van der Waals surface area contributed by atoms with E-state index in [2.05, 4.69) is 22.0 Å². The van der Waals surface area contributed by atoms with Gasteiger partial charge >= 0.3 is 11.9 Å². The zero-order valence-electron chi connectivity index (χ0n) is 19.3. The van der Waals surface area contributed by atoms with Gasteiger partial charge in [-0.1, -0.05) is 52.3 Å². The smallest absolute Gasteiger partial charge is 0.338 e. The number of hydrogen-bond donors (Lipinski definition) is 0. The van der Waals surface area contributed by atoms with Crippen LogP contribution in [0, 0.1) is 0 Å². The van der Waals surface area contributed by atoms with Crippen LogP contribution in [0.3, 0.4) is 0 Å². The van der Waals surface area contributed by atoms with Gasteiger partial charge in [0, 0.05) is 22.9 Å². The van der Waals surface area contributed by atoms with Crippen LogP contribution in [0.15, 0.2) is 48.5 Å². The fraction of sp³-hybridized carbons (Fsp3) is 0.370. The van der Waals surface area contributed by atoms with Gasteiger partial charge in [0.15, 0.2) is 5.78 Å². The van der Waals surface area contributed by atoms with Gasteiger partial charge in [-0.25, -0.2) is 4.79 Å². The average Bonchev–Trinajstić information content (AvgIpc) is 2.83. The SMILES string of the molecule is CCOC(=O)CCc1cc(C(=O)c2cccc(C(=O)OCC)c2)ccc1/C=C/CCCCBr. The Balaban J connectivity index is 2.28. The van der Waals surface area contributed by atoms with Crippen molar-refractivity contribution in [3.63, 3.8) is 0 Å². The van der Waals surface area contributed by atoms with Crippen molar-refractivity contribution in [3.05, 3.63) is 76.4 Å². The highest BCUT2D eigenvalue weighted by Crippen LogP contribution is 2.20. The summed E-state index contributed by atoms with van der Waals surface area (Å²) in [6.07, 6.45) is 8.05. The Morgan fingerprint density at radius 2 is 1.64 bits per heavy atom. The third-order valence-corrected chi connectivity index (χ3v) is 5.56. The van der Waals surface area contributed by atoms with E-state index in [0.29, 0.717) is 29.7 Å². The fourth-order valence-corrected chi connectivity index (χ4v) is 3.73. The zero-order chi connectivity index (χ0) is 24.1. The highest BCUT2D eigenvalue weighted by molar-refractivity contribution is 9.09. The summed E-state index contributed by atoms with van der Waals surface area (Å²) in [5.41, 5.74) is 3.15. The van der Waals surface area contributed by atoms with Gasteiger partial charge in [0.25, 0.3) is 0 Å². The van der Waals surface area contributed by atoms with E-state index >= 15 is 0 Å². The van der Waals surface area contributed by atoms with Crippen LogP contribution in [0.5, 0.6) is 0 Å². The summed E-state index contributed by atoms with van der Waals surface area (Å²) in [7, 11) is 0. The number of allylic oxidation sites excluding steroid dienone is 1. The van der Waals surface area contributed by atoms with Crippen molar-refractivity contribution in [3.8, 4) is 0 Å². The molecular formula is C27H31BrO5. The molecule has 2 aromatic rings. The number of alkyl halides is 1. The minimum absolute atomic E-state index is 0.189. The maximum Gasteiger partial charge on any atom is 0.338 e. The molecule has 0 amide bonds. The second-order valence-corrected chi connectivity index (χ2v) is 8.23. The molecule has 0 aliphatic rings. The summed E-state index contributed by atoms with van der Waals surface area (Å²) in [4.78, 5) is 37.1. The summed E-state index contributed by atoms with van der Waals surface area (Å²) < 4.78 is 10.1. The molecule has 2 aromatic carbocycles. The second kappa shape index (κ2) is 14.4. The Morgan fingerprint density at radius 1 is 0.909 bits per heavy atom. The van der Waals surface area contributed by atoms with Crippen molar-refractivity contribution < 1.29 is 23.9 Å². The first-order chi connectivity index (χ1) is 16.0. The molecule has 0 atom stereocenters. The molecular weight excluding hydrogens is 484 g/mol. The van der Waals surface area contributed by atoms with Crippen LogP contribution in [0.4, 0.5) is 0 Å². The summed E-state index contributed by atoms with van der Waals surface area (Å²) in [5.74, 6) is -0.905. The normalized spacial score (nSPS) is 10.9. The number of ketones is 1. The Labute approximate surface area is 204 Å². The molecule has 0 aliphatic heterocycles. The minimum Gasteiger partial charge on any atom is -0.466 e. The molecule has 176 valence electrons. The number of aryl methyl sites for hydroxylation is 1. The number of ether oxygens (including phenoxy) is 2. The van der Waals surface area contributed by atoms with E-state index in [0.717, 1.165) is 35.7 Å². The lowest BCUT2D eigenvalue weighted by molar-refractivity contribution is -0.143. The van der Waals surface area contributed by atoms with Crippen LogP contribution in [0.25, 0.3) is 6.08 Å². The van der Waals surface area contributed by atoms with Crippen molar-refractivity contribution in [1.82, 2.24) is 0 Å². The highest BCUT2D eigenvalue weighted by atomic mass is 79.9. The van der Waals surface area contributed by atoms with Gasteiger partial charge in [-0.2, -0.15) is 0 Å². The monoisotopic (exact) mass is 514 g/mol. The summed E-state index contributed by atoms with van der Waals surface area (Å²) in [6, 6.07) is 12.1. The summed E-state index contributed by atoms with van der Waals surface area (Å²) >= 11 is 3.44. The molecule has 0 aromatic heterocycles. The lowest BCUT2D eigenvalue weighted by Crippen LogP contribution is -2.09. The molecule has 2 rings (SSSR count). The van der Waals surface area contributed by atoms with Gasteiger partial charge in [0.2, 0.25) is 0 Å². The molecule has 6 heteroatoms. The molecule has 0 aliphatic carbocycles. The third kappa shape index (κ3) is 8.61. The number of halogens is 1. The van der Waals surface area contributed by atoms with Gasteiger partial charge in [0.05, 0.1) is 18.8 Å². The topological polar surface area (TPSA) is 69.7 Å². The lowest BCUT2D eigenvalue weighted by Gasteiger charge is -2.10. The number of hydrogen-bond acceptors (Lipinski definition) is 5. The second-order valence-electron chi connectivity index (χ2n) is 7.44. The highest BCUT2D eigenvalue weighted by Gasteiger charge is 2.15. The molecule has 33 heavy (non-hydrogen) atoms. The molecule has 0 unspecified atom stereocenters. The van der Waals surface area contributed by atoms with Crippen LogP contribution >= 0.6 is 15.9 Å². The lowest BCUT2D eigenvalue weighted by atomic mass is 9.95. The molecule has 0 saturated heterocycles. The first-order valence-electron chi connectivity index (χ1n) is 11.3. The van der Waals surface area contributed by atoms with Crippen molar-refractivity contribution in [2.24, 2.45) is 0 Å². The van der Waals surface area contributed by atoms with Gasteiger partial charge in [-0.3, -0.25) is 9.59 Å². The zero-order valence-corrected chi connectivity index (χ0v) is 20.9. The van der Waals surface area contributed by atoms with Crippen LogP contribution in [-0.4, -0.2) is 36.3 Å². The number of unbranched alkanes of at least 4 members (excludes halogenated alkanes) is 2. The van der Waals surface area contributed by atoms with Gasteiger partial charge in [-0.05, 0) is 68.9 Å². The van der Waals surface area contributed by atoms with Crippen LogP contribution in [-0.2, 0) is 20.7 Å². The van der Waals surface area contributed by atoms with Gasteiger partial charge < -0.3 is 9.47 Å². The molecule has 0 heterocycles. The molecule has 0 N–H and O–H groups in total. The van der Waals surface area contributed by atoms with E-state index in [-0.39, 0.29) is 24.8 Å². The quantitative estimate of drug-likeness (QED) is 0.138. The first kappa shape index (κ1) is 26.5. The minimum atomic E-state index is -0.456. The third-order valence-electron chi connectivity index (χ3n) is 5.00. The maximum absolute atomic E-state index is 13.1. The van der Waals surface area contributed by atoms with E-state index < -0.39 is 5.97 Å². The maximum atomic E-state index is 13.1. The Morgan fingerprint density at radius 3 is 2.36 bits per heavy atom. The van der Waals surface area contributed by atoms with Crippen LogP contribution in [0.1, 0.15) is 76.9 Å². The van der Waals surface area contributed by atoms with Crippen molar-refractivity contribution >= 4 is 39.7 Å². The number of carbonyl (C=O) groups excluding carboxylic acids is 3. The standard InChI is InChI=1S/C27H31BrO5/c1-3-32-25(29)16-15-21-18-23(14-13-20(21)10-7-5-6-8-17-28)26(30)22-11-9-12-24(19-22)27(31)33-4-2/h7,9-14,18-19H,3-6,8,15-17H2,1-2H3/b10-7+. The number of benzene rings is 2. The largest absolute Gasteiger partial charge is 0.466 e.